The number of nitrogens with two attached hydrogens (primary N) is 1. The Morgan fingerprint density at radius 3 is 2.90 bits per heavy atom. The number of benzene rings is 1. The number of carbonyl (C=O) groups excluding carboxylic acids is 1. The topological polar surface area (TPSA) is 68.0 Å². The third-order valence-corrected chi connectivity index (χ3v) is 2.72. The fourth-order valence-electron chi connectivity index (χ4n) is 1.70. The van der Waals surface area contributed by atoms with E-state index in [0.29, 0.717) is 11.1 Å². The Hall–Kier alpha value is -2.71. The Balaban J connectivity index is 2.07. The van der Waals surface area contributed by atoms with Crippen LogP contribution in [-0.4, -0.2) is 17.4 Å². The summed E-state index contributed by atoms with van der Waals surface area (Å²) in [4.78, 5) is 15.8. The summed E-state index contributed by atoms with van der Waals surface area (Å²) in [5.74, 6) is 4.78. The Morgan fingerprint density at radius 1 is 1.33 bits per heavy atom. The number of pyridine rings is 1. The molecule has 1 aromatic carbocycles. The van der Waals surface area contributed by atoms with Gasteiger partial charge < -0.3 is 11.1 Å². The molecular formula is C16H14FN3O. The highest BCUT2D eigenvalue weighted by molar-refractivity contribution is 5.92. The van der Waals surface area contributed by atoms with E-state index in [-0.39, 0.29) is 24.7 Å². The summed E-state index contributed by atoms with van der Waals surface area (Å²) in [6, 6.07) is 9.51. The molecule has 2 aromatic rings. The Bertz CT molecular complexity index is 690. The van der Waals surface area contributed by atoms with Gasteiger partial charge in [-0.3, -0.25) is 9.78 Å². The third-order valence-electron chi connectivity index (χ3n) is 2.72. The predicted octanol–water partition coefficient (Wildman–Crippen LogP) is 1.46. The lowest BCUT2D eigenvalue weighted by molar-refractivity contribution is 0.0945. The first-order valence-electron chi connectivity index (χ1n) is 6.37. The minimum atomic E-state index is -0.394. The van der Waals surface area contributed by atoms with Crippen molar-refractivity contribution >= 4 is 5.91 Å². The molecule has 5 heteroatoms. The van der Waals surface area contributed by atoms with Crippen LogP contribution < -0.4 is 11.1 Å². The van der Waals surface area contributed by atoms with E-state index >= 15 is 0 Å². The Kier molecular flexibility index (Phi) is 5.02. The molecule has 0 aliphatic rings. The molecule has 1 aromatic heterocycles. The number of hydrogen-bond donors (Lipinski definition) is 2. The normalized spacial score (nSPS) is 9.62. The summed E-state index contributed by atoms with van der Waals surface area (Å²) >= 11 is 0. The molecule has 2 rings (SSSR count). The van der Waals surface area contributed by atoms with Gasteiger partial charge in [-0.2, -0.15) is 0 Å². The van der Waals surface area contributed by atoms with Crippen LogP contribution >= 0.6 is 0 Å². The highest BCUT2D eigenvalue weighted by atomic mass is 19.1. The monoisotopic (exact) mass is 283 g/mol. The lowest BCUT2D eigenvalue weighted by Crippen LogP contribution is -2.24. The molecule has 0 spiro atoms. The van der Waals surface area contributed by atoms with Crippen molar-refractivity contribution in [3.05, 3.63) is 65.2 Å². The molecule has 1 heterocycles. The van der Waals surface area contributed by atoms with E-state index in [0.717, 1.165) is 0 Å². The summed E-state index contributed by atoms with van der Waals surface area (Å²) in [6.07, 6.45) is 1.53. The molecule has 21 heavy (non-hydrogen) atoms. The molecule has 4 nitrogen and oxygen atoms in total. The van der Waals surface area contributed by atoms with Gasteiger partial charge in [0.15, 0.2) is 0 Å². The van der Waals surface area contributed by atoms with E-state index in [9.17, 15) is 9.18 Å². The van der Waals surface area contributed by atoms with Crippen molar-refractivity contribution in [2.75, 3.05) is 6.54 Å². The SMILES string of the molecule is NCC#Cc1ccc(F)c(CNC(=O)c2ccccn2)c1. The van der Waals surface area contributed by atoms with Gasteiger partial charge in [0.05, 0.1) is 6.54 Å². The van der Waals surface area contributed by atoms with E-state index in [2.05, 4.69) is 22.1 Å². The first kappa shape index (κ1) is 14.7. The molecule has 0 aliphatic carbocycles. The van der Waals surface area contributed by atoms with Crippen molar-refractivity contribution in [1.82, 2.24) is 10.3 Å². The first-order chi connectivity index (χ1) is 10.2. The first-order valence-corrected chi connectivity index (χ1v) is 6.37. The van der Waals surface area contributed by atoms with Crippen molar-refractivity contribution in [2.24, 2.45) is 5.73 Å². The second-order valence-electron chi connectivity index (χ2n) is 4.21. The highest BCUT2D eigenvalue weighted by Gasteiger charge is 2.08. The Morgan fingerprint density at radius 2 is 2.19 bits per heavy atom. The quantitative estimate of drug-likeness (QED) is 0.838. The summed E-state index contributed by atoms with van der Waals surface area (Å²) < 4.78 is 13.7. The number of rotatable bonds is 3. The van der Waals surface area contributed by atoms with Gasteiger partial charge in [0, 0.05) is 23.9 Å². The van der Waals surface area contributed by atoms with Gasteiger partial charge >= 0.3 is 0 Å². The summed E-state index contributed by atoms with van der Waals surface area (Å²) in [5.41, 5.74) is 6.60. The molecule has 3 N–H and O–H groups in total. The second kappa shape index (κ2) is 7.17. The van der Waals surface area contributed by atoms with Crippen molar-refractivity contribution in [3.8, 4) is 11.8 Å². The Labute approximate surface area is 122 Å². The second-order valence-corrected chi connectivity index (χ2v) is 4.21. The fourth-order valence-corrected chi connectivity index (χ4v) is 1.70. The van der Waals surface area contributed by atoms with Crippen LogP contribution in [0.25, 0.3) is 0 Å². The average molecular weight is 283 g/mol. The van der Waals surface area contributed by atoms with E-state index in [1.165, 1.54) is 12.3 Å². The summed E-state index contributed by atoms with van der Waals surface area (Å²) in [5, 5.41) is 2.63. The minimum absolute atomic E-state index is 0.0688. The number of aromatic nitrogens is 1. The zero-order valence-electron chi connectivity index (χ0n) is 11.3. The molecule has 0 saturated carbocycles. The molecule has 1 amide bonds. The minimum Gasteiger partial charge on any atom is -0.347 e. The number of amides is 1. The summed E-state index contributed by atoms with van der Waals surface area (Å²) in [6.45, 7) is 0.308. The molecule has 0 fully saturated rings. The van der Waals surface area contributed by atoms with Crippen LogP contribution in [0.2, 0.25) is 0 Å². The molecule has 0 saturated heterocycles. The molecule has 0 bridgehead atoms. The van der Waals surface area contributed by atoms with Gasteiger partial charge in [-0.25, -0.2) is 4.39 Å². The number of hydrogen-bond acceptors (Lipinski definition) is 3. The lowest BCUT2D eigenvalue weighted by Gasteiger charge is -2.06. The smallest absolute Gasteiger partial charge is 0.270 e. The highest BCUT2D eigenvalue weighted by Crippen LogP contribution is 2.10. The lowest BCUT2D eigenvalue weighted by atomic mass is 10.1. The third kappa shape index (κ3) is 4.13. The number of halogens is 1. The molecule has 106 valence electrons. The van der Waals surface area contributed by atoms with Gasteiger partial charge in [-0.05, 0) is 30.3 Å². The maximum Gasteiger partial charge on any atom is 0.270 e. The van der Waals surface area contributed by atoms with Crippen LogP contribution in [0.5, 0.6) is 0 Å². The van der Waals surface area contributed by atoms with E-state index in [1.807, 2.05) is 0 Å². The van der Waals surface area contributed by atoms with Crippen LogP contribution in [0.15, 0.2) is 42.6 Å². The van der Waals surface area contributed by atoms with Gasteiger partial charge in [-0.15, -0.1) is 0 Å². The van der Waals surface area contributed by atoms with Crippen LogP contribution in [-0.2, 0) is 6.54 Å². The van der Waals surface area contributed by atoms with Crippen LogP contribution in [0.4, 0.5) is 4.39 Å². The van der Waals surface area contributed by atoms with Gasteiger partial charge in [0.1, 0.15) is 11.5 Å². The van der Waals surface area contributed by atoms with Crippen molar-refractivity contribution in [3.63, 3.8) is 0 Å². The van der Waals surface area contributed by atoms with Crippen LogP contribution in [0.1, 0.15) is 21.6 Å². The molecule has 0 aliphatic heterocycles. The number of carbonyl (C=O) groups is 1. The van der Waals surface area contributed by atoms with E-state index in [1.54, 1.807) is 30.3 Å². The van der Waals surface area contributed by atoms with Crippen LogP contribution in [0.3, 0.4) is 0 Å². The van der Waals surface area contributed by atoms with Gasteiger partial charge in [-0.1, -0.05) is 17.9 Å². The largest absolute Gasteiger partial charge is 0.347 e. The standard InChI is InChI=1S/C16H14FN3O/c17-14-7-6-12(4-3-8-18)10-13(14)11-20-16(21)15-5-1-2-9-19-15/h1-2,5-7,9-10H,8,11,18H2,(H,20,21). The number of nitrogens with zero attached hydrogens (tertiary/aromatic N) is 1. The number of nitrogens with one attached hydrogen (secondary N) is 1. The van der Waals surface area contributed by atoms with Crippen molar-refractivity contribution in [1.29, 1.82) is 0 Å². The molecule has 0 radical (unpaired) electrons. The molecule has 0 atom stereocenters. The predicted molar refractivity (Wildman–Crippen MR) is 77.7 cm³/mol. The maximum atomic E-state index is 13.7. The zero-order chi connectivity index (χ0) is 15.1. The van der Waals surface area contributed by atoms with Gasteiger partial charge in [0.25, 0.3) is 5.91 Å². The van der Waals surface area contributed by atoms with Gasteiger partial charge in [0.2, 0.25) is 0 Å². The van der Waals surface area contributed by atoms with E-state index in [4.69, 9.17) is 5.73 Å². The fraction of sp³-hybridized carbons (Fsp3) is 0.125. The van der Waals surface area contributed by atoms with Crippen LogP contribution in [0, 0.1) is 17.7 Å². The van der Waals surface area contributed by atoms with Crippen molar-refractivity contribution in [2.45, 2.75) is 6.54 Å². The van der Waals surface area contributed by atoms with Crippen molar-refractivity contribution < 1.29 is 9.18 Å². The molecule has 0 unspecified atom stereocenters. The molecular weight excluding hydrogens is 269 g/mol. The van der Waals surface area contributed by atoms with E-state index < -0.39 is 5.82 Å². The zero-order valence-corrected chi connectivity index (χ0v) is 11.3. The maximum absolute atomic E-state index is 13.7. The average Bonchev–Trinajstić information content (AvgIpc) is 2.53. The summed E-state index contributed by atoms with van der Waals surface area (Å²) in [7, 11) is 0.